The van der Waals surface area contributed by atoms with Gasteiger partial charge in [0.25, 0.3) is 0 Å². The van der Waals surface area contributed by atoms with Gasteiger partial charge in [-0.25, -0.2) is 0 Å². The maximum absolute atomic E-state index is 12.6. The van der Waals surface area contributed by atoms with Crippen molar-refractivity contribution in [3.05, 3.63) is 52.5 Å². The summed E-state index contributed by atoms with van der Waals surface area (Å²) < 4.78 is 6.61. The van der Waals surface area contributed by atoms with Crippen LogP contribution < -0.4 is 15.0 Å². The quantitative estimate of drug-likeness (QED) is 0.796. The van der Waals surface area contributed by atoms with Gasteiger partial charge in [0.05, 0.1) is 18.2 Å². The first-order valence-electron chi connectivity index (χ1n) is 8.58. The van der Waals surface area contributed by atoms with Crippen molar-refractivity contribution in [1.29, 1.82) is 0 Å². The number of benzene rings is 2. The number of hydrogen-bond acceptors (Lipinski definition) is 3. The van der Waals surface area contributed by atoms with Gasteiger partial charge in [0.1, 0.15) is 5.75 Å². The third-order valence-corrected chi connectivity index (χ3v) is 5.27. The molecule has 0 spiro atoms. The van der Waals surface area contributed by atoms with Crippen molar-refractivity contribution in [1.82, 2.24) is 0 Å². The van der Waals surface area contributed by atoms with E-state index in [4.69, 9.17) is 4.74 Å². The van der Waals surface area contributed by atoms with Gasteiger partial charge in [-0.1, -0.05) is 28.1 Å². The maximum atomic E-state index is 12.6. The summed E-state index contributed by atoms with van der Waals surface area (Å²) in [6, 6.07) is 13.1. The minimum atomic E-state index is -0.388. The Balaban J connectivity index is 1.73. The lowest BCUT2D eigenvalue weighted by atomic mass is 10.1. The van der Waals surface area contributed by atoms with Gasteiger partial charge in [-0.3, -0.25) is 9.59 Å². The van der Waals surface area contributed by atoms with Crippen molar-refractivity contribution in [3.63, 3.8) is 0 Å². The van der Waals surface area contributed by atoms with Gasteiger partial charge in [0.15, 0.2) is 0 Å². The predicted octanol–water partition coefficient (Wildman–Crippen LogP) is 4.15. The number of para-hydroxylation sites is 2. The van der Waals surface area contributed by atoms with Crippen LogP contribution >= 0.6 is 15.9 Å². The molecule has 3 rings (SSSR count). The number of aryl methyl sites for hydroxylation is 1. The Morgan fingerprint density at radius 3 is 2.81 bits per heavy atom. The number of rotatable bonds is 5. The molecule has 26 heavy (non-hydrogen) atoms. The molecule has 0 radical (unpaired) electrons. The van der Waals surface area contributed by atoms with E-state index in [1.54, 1.807) is 4.90 Å². The van der Waals surface area contributed by atoms with E-state index in [1.165, 1.54) is 0 Å². The van der Waals surface area contributed by atoms with Crippen LogP contribution in [0.2, 0.25) is 0 Å². The van der Waals surface area contributed by atoms with E-state index in [9.17, 15) is 9.59 Å². The number of amides is 2. The normalized spacial score (nSPS) is 16.7. The first kappa shape index (κ1) is 18.5. The number of nitrogens with one attached hydrogen (secondary N) is 1. The smallest absolute Gasteiger partial charge is 0.229 e. The lowest BCUT2D eigenvalue weighted by molar-refractivity contribution is -0.122. The molecule has 1 aliphatic rings. The maximum Gasteiger partial charge on any atom is 0.229 e. The van der Waals surface area contributed by atoms with E-state index in [0.717, 1.165) is 15.7 Å². The lowest BCUT2D eigenvalue weighted by Crippen LogP contribution is -2.28. The second-order valence-electron chi connectivity index (χ2n) is 6.26. The van der Waals surface area contributed by atoms with Crippen LogP contribution in [0, 0.1) is 12.8 Å². The third-order valence-electron chi connectivity index (χ3n) is 4.38. The largest absolute Gasteiger partial charge is 0.492 e. The van der Waals surface area contributed by atoms with Crippen molar-refractivity contribution in [2.75, 3.05) is 23.4 Å². The Labute approximate surface area is 161 Å². The number of nitrogens with zero attached hydrogens (tertiary/aromatic N) is 1. The van der Waals surface area contributed by atoms with E-state index < -0.39 is 0 Å². The summed E-state index contributed by atoms with van der Waals surface area (Å²) in [6.07, 6.45) is 0.196. The molecular formula is C20H21BrN2O3. The third kappa shape index (κ3) is 3.90. The molecule has 2 aromatic carbocycles. The second kappa shape index (κ2) is 7.91. The summed E-state index contributed by atoms with van der Waals surface area (Å²) in [5, 5.41) is 2.91. The summed E-state index contributed by atoms with van der Waals surface area (Å²) >= 11 is 3.45. The lowest BCUT2D eigenvalue weighted by Gasteiger charge is -2.20. The molecule has 2 aromatic rings. The Morgan fingerprint density at radius 2 is 2.08 bits per heavy atom. The standard InChI is InChI=1S/C20H21BrN2O3/c1-3-26-18-7-5-4-6-17(18)23-12-14(11-19(23)24)20(25)22-15-8-9-16(21)13(2)10-15/h4-10,14H,3,11-12H2,1-2H3,(H,22,25)/t14-/m1/s1. The summed E-state index contributed by atoms with van der Waals surface area (Å²) in [5.41, 5.74) is 2.49. The second-order valence-corrected chi connectivity index (χ2v) is 7.11. The molecule has 5 nitrogen and oxygen atoms in total. The van der Waals surface area contributed by atoms with Crippen molar-refractivity contribution < 1.29 is 14.3 Å². The molecule has 1 fully saturated rings. The molecule has 1 aliphatic heterocycles. The molecule has 0 unspecified atom stereocenters. The monoisotopic (exact) mass is 416 g/mol. The van der Waals surface area contributed by atoms with Crippen LogP contribution in [-0.4, -0.2) is 25.0 Å². The van der Waals surface area contributed by atoms with Crippen LogP contribution in [0.3, 0.4) is 0 Å². The van der Waals surface area contributed by atoms with Gasteiger partial charge < -0.3 is 15.0 Å². The van der Waals surface area contributed by atoms with Crippen molar-refractivity contribution in [2.24, 2.45) is 5.92 Å². The topological polar surface area (TPSA) is 58.6 Å². The Kier molecular flexibility index (Phi) is 5.61. The van der Waals surface area contributed by atoms with Crippen molar-refractivity contribution in [3.8, 4) is 5.75 Å². The Bertz CT molecular complexity index is 838. The van der Waals surface area contributed by atoms with E-state index in [1.807, 2.05) is 56.3 Å². The van der Waals surface area contributed by atoms with Gasteiger partial charge in [0, 0.05) is 23.1 Å². The minimum absolute atomic E-state index is 0.0655. The van der Waals surface area contributed by atoms with E-state index in [2.05, 4.69) is 21.2 Å². The average molecular weight is 417 g/mol. The van der Waals surface area contributed by atoms with Crippen molar-refractivity contribution >= 4 is 39.1 Å². The molecule has 1 saturated heterocycles. The molecule has 0 aliphatic carbocycles. The van der Waals surface area contributed by atoms with Gasteiger partial charge in [-0.05, 0) is 49.7 Å². The van der Waals surface area contributed by atoms with E-state index in [-0.39, 0.29) is 24.2 Å². The summed E-state index contributed by atoms with van der Waals surface area (Å²) in [7, 11) is 0. The molecule has 0 saturated carbocycles. The summed E-state index contributed by atoms with van der Waals surface area (Å²) in [4.78, 5) is 26.7. The van der Waals surface area contributed by atoms with Crippen LogP contribution in [0.25, 0.3) is 0 Å². The van der Waals surface area contributed by atoms with Crippen LogP contribution in [-0.2, 0) is 9.59 Å². The number of halogens is 1. The zero-order chi connectivity index (χ0) is 18.7. The predicted molar refractivity (Wildman–Crippen MR) is 106 cm³/mol. The highest BCUT2D eigenvalue weighted by molar-refractivity contribution is 9.10. The Morgan fingerprint density at radius 1 is 1.31 bits per heavy atom. The number of anilines is 2. The van der Waals surface area contributed by atoms with Gasteiger partial charge in [0.2, 0.25) is 11.8 Å². The van der Waals surface area contributed by atoms with Crippen LogP contribution in [0.1, 0.15) is 18.9 Å². The van der Waals surface area contributed by atoms with E-state index >= 15 is 0 Å². The molecule has 6 heteroatoms. The van der Waals surface area contributed by atoms with Crippen LogP contribution in [0.15, 0.2) is 46.9 Å². The average Bonchev–Trinajstić information content (AvgIpc) is 3.01. The first-order chi connectivity index (χ1) is 12.5. The van der Waals surface area contributed by atoms with Gasteiger partial charge in [-0.15, -0.1) is 0 Å². The number of carbonyl (C=O) groups is 2. The molecule has 1 atom stereocenters. The van der Waals surface area contributed by atoms with Crippen LogP contribution in [0.4, 0.5) is 11.4 Å². The number of carbonyl (C=O) groups excluding carboxylic acids is 2. The molecule has 2 amide bonds. The summed E-state index contributed by atoms with van der Waals surface area (Å²) in [5.74, 6) is 0.0647. The SMILES string of the molecule is CCOc1ccccc1N1C[C@H](C(=O)Nc2ccc(Br)c(C)c2)CC1=O. The number of hydrogen-bond donors (Lipinski definition) is 1. The molecule has 0 bridgehead atoms. The fourth-order valence-electron chi connectivity index (χ4n) is 3.04. The van der Waals surface area contributed by atoms with Gasteiger partial charge in [-0.2, -0.15) is 0 Å². The molecule has 0 aromatic heterocycles. The molecular weight excluding hydrogens is 396 g/mol. The highest BCUT2D eigenvalue weighted by atomic mass is 79.9. The first-order valence-corrected chi connectivity index (χ1v) is 9.38. The zero-order valence-electron chi connectivity index (χ0n) is 14.8. The molecule has 1 heterocycles. The van der Waals surface area contributed by atoms with Gasteiger partial charge >= 0.3 is 0 Å². The van der Waals surface area contributed by atoms with Crippen molar-refractivity contribution in [2.45, 2.75) is 20.3 Å². The van der Waals surface area contributed by atoms with E-state index in [0.29, 0.717) is 24.6 Å². The summed E-state index contributed by atoms with van der Waals surface area (Å²) in [6.45, 7) is 4.74. The molecule has 136 valence electrons. The fraction of sp³-hybridized carbons (Fsp3) is 0.300. The highest BCUT2D eigenvalue weighted by Gasteiger charge is 2.36. The number of ether oxygens (including phenoxy) is 1. The highest BCUT2D eigenvalue weighted by Crippen LogP contribution is 2.33. The Hall–Kier alpha value is -2.34. The molecule has 1 N–H and O–H groups in total. The fourth-order valence-corrected chi connectivity index (χ4v) is 3.29. The minimum Gasteiger partial charge on any atom is -0.492 e. The zero-order valence-corrected chi connectivity index (χ0v) is 16.4. The van der Waals surface area contributed by atoms with Crippen LogP contribution in [0.5, 0.6) is 5.75 Å².